The predicted molar refractivity (Wildman–Crippen MR) is 74.7 cm³/mol. The van der Waals surface area contributed by atoms with Gasteiger partial charge in [0.2, 0.25) is 0 Å². The SMILES string of the molecule is CCCCOC(=O)C=CCCC(C)CCOC(C)=O. The van der Waals surface area contributed by atoms with Crippen LogP contribution in [-0.4, -0.2) is 25.2 Å². The summed E-state index contributed by atoms with van der Waals surface area (Å²) in [5.41, 5.74) is 0. The molecule has 0 bridgehead atoms. The van der Waals surface area contributed by atoms with Gasteiger partial charge in [-0.25, -0.2) is 4.79 Å². The first kappa shape index (κ1) is 17.7. The van der Waals surface area contributed by atoms with E-state index in [1.54, 1.807) is 0 Å². The first-order chi connectivity index (χ1) is 9.06. The number of carbonyl (C=O) groups is 2. The van der Waals surface area contributed by atoms with Crippen LogP contribution in [0.5, 0.6) is 0 Å². The normalized spacial score (nSPS) is 12.4. The van der Waals surface area contributed by atoms with Gasteiger partial charge in [-0.15, -0.1) is 0 Å². The Morgan fingerprint density at radius 2 is 1.89 bits per heavy atom. The average molecular weight is 270 g/mol. The molecule has 4 nitrogen and oxygen atoms in total. The maximum atomic E-state index is 11.2. The monoisotopic (exact) mass is 270 g/mol. The van der Waals surface area contributed by atoms with Gasteiger partial charge in [0.25, 0.3) is 0 Å². The molecule has 0 N–H and O–H groups in total. The molecule has 0 radical (unpaired) electrons. The van der Waals surface area contributed by atoms with Crippen LogP contribution < -0.4 is 0 Å². The molecule has 0 saturated carbocycles. The van der Waals surface area contributed by atoms with Gasteiger partial charge in [-0.2, -0.15) is 0 Å². The summed E-state index contributed by atoms with van der Waals surface area (Å²) in [6, 6.07) is 0. The zero-order chi connectivity index (χ0) is 14.5. The minimum Gasteiger partial charge on any atom is -0.466 e. The topological polar surface area (TPSA) is 52.6 Å². The second-order valence-electron chi connectivity index (χ2n) is 4.73. The highest BCUT2D eigenvalue weighted by atomic mass is 16.5. The fraction of sp³-hybridized carbons (Fsp3) is 0.733. The van der Waals surface area contributed by atoms with E-state index in [-0.39, 0.29) is 11.9 Å². The third-order valence-electron chi connectivity index (χ3n) is 2.74. The van der Waals surface area contributed by atoms with Gasteiger partial charge >= 0.3 is 11.9 Å². The molecule has 0 aliphatic carbocycles. The highest BCUT2D eigenvalue weighted by Gasteiger charge is 2.02. The van der Waals surface area contributed by atoms with Crippen LogP contribution in [0.2, 0.25) is 0 Å². The van der Waals surface area contributed by atoms with Gasteiger partial charge in [-0.3, -0.25) is 4.79 Å². The van der Waals surface area contributed by atoms with Crippen LogP contribution in [0, 0.1) is 5.92 Å². The van der Waals surface area contributed by atoms with Crippen molar-refractivity contribution in [1.29, 1.82) is 0 Å². The van der Waals surface area contributed by atoms with Crippen molar-refractivity contribution in [3.05, 3.63) is 12.2 Å². The molecule has 19 heavy (non-hydrogen) atoms. The number of allylic oxidation sites excluding steroid dienone is 1. The Balaban J connectivity index is 3.54. The summed E-state index contributed by atoms with van der Waals surface area (Å²) >= 11 is 0. The van der Waals surface area contributed by atoms with E-state index in [1.165, 1.54) is 13.0 Å². The zero-order valence-corrected chi connectivity index (χ0v) is 12.3. The van der Waals surface area contributed by atoms with Crippen molar-refractivity contribution in [3.8, 4) is 0 Å². The van der Waals surface area contributed by atoms with Gasteiger partial charge in [0, 0.05) is 13.0 Å². The van der Waals surface area contributed by atoms with Crippen LogP contribution in [0.25, 0.3) is 0 Å². The van der Waals surface area contributed by atoms with Gasteiger partial charge in [0.1, 0.15) is 0 Å². The Morgan fingerprint density at radius 3 is 2.53 bits per heavy atom. The highest BCUT2D eigenvalue weighted by molar-refractivity contribution is 5.81. The second kappa shape index (κ2) is 11.8. The molecule has 0 aromatic carbocycles. The summed E-state index contributed by atoms with van der Waals surface area (Å²) < 4.78 is 9.88. The molecule has 0 fully saturated rings. The summed E-state index contributed by atoms with van der Waals surface area (Å²) in [5, 5.41) is 0. The predicted octanol–water partition coefficient (Wildman–Crippen LogP) is 3.26. The molecular weight excluding hydrogens is 244 g/mol. The molecule has 4 heteroatoms. The number of ether oxygens (including phenoxy) is 2. The van der Waals surface area contributed by atoms with E-state index in [0.29, 0.717) is 19.1 Å². The van der Waals surface area contributed by atoms with E-state index in [0.717, 1.165) is 32.1 Å². The van der Waals surface area contributed by atoms with Crippen molar-refractivity contribution in [1.82, 2.24) is 0 Å². The van der Waals surface area contributed by atoms with Gasteiger partial charge in [-0.1, -0.05) is 26.3 Å². The number of rotatable bonds is 10. The van der Waals surface area contributed by atoms with E-state index in [9.17, 15) is 9.59 Å². The third-order valence-corrected chi connectivity index (χ3v) is 2.74. The summed E-state index contributed by atoms with van der Waals surface area (Å²) in [6.07, 6.45) is 7.94. The second-order valence-corrected chi connectivity index (χ2v) is 4.73. The highest BCUT2D eigenvalue weighted by Crippen LogP contribution is 2.10. The maximum Gasteiger partial charge on any atom is 0.330 e. The fourth-order valence-electron chi connectivity index (χ4n) is 1.47. The number of hydrogen-bond donors (Lipinski definition) is 0. The van der Waals surface area contributed by atoms with Crippen molar-refractivity contribution in [2.45, 2.75) is 52.9 Å². The molecule has 0 aliphatic rings. The van der Waals surface area contributed by atoms with Crippen molar-refractivity contribution < 1.29 is 19.1 Å². The maximum absolute atomic E-state index is 11.2. The van der Waals surface area contributed by atoms with Crippen molar-refractivity contribution in [2.24, 2.45) is 5.92 Å². The molecule has 0 spiro atoms. The molecule has 0 amide bonds. The van der Waals surface area contributed by atoms with E-state index in [1.807, 2.05) is 6.08 Å². The van der Waals surface area contributed by atoms with Crippen LogP contribution in [0.4, 0.5) is 0 Å². The number of unbranched alkanes of at least 4 members (excludes halogenated alkanes) is 1. The van der Waals surface area contributed by atoms with Crippen LogP contribution in [0.1, 0.15) is 52.9 Å². The Labute approximate surface area is 116 Å². The molecule has 1 atom stereocenters. The largest absolute Gasteiger partial charge is 0.466 e. The minimum absolute atomic E-state index is 0.234. The minimum atomic E-state index is -0.263. The molecule has 0 aromatic heterocycles. The molecule has 0 aliphatic heterocycles. The Hall–Kier alpha value is -1.32. The van der Waals surface area contributed by atoms with E-state index in [2.05, 4.69) is 13.8 Å². The average Bonchev–Trinajstić information content (AvgIpc) is 2.34. The molecule has 110 valence electrons. The van der Waals surface area contributed by atoms with Gasteiger partial charge in [0.15, 0.2) is 0 Å². The van der Waals surface area contributed by atoms with E-state index >= 15 is 0 Å². The van der Waals surface area contributed by atoms with Crippen LogP contribution >= 0.6 is 0 Å². The van der Waals surface area contributed by atoms with Crippen molar-refractivity contribution in [2.75, 3.05) is 13.2 Å². The van der Waals surface area contributed by atoms with Crippen LogP contribution in [0.15, 0.2) is 12.2 Å². The van der Waals surface area contributed by atoms with Gasteiger partial charge in [-0.05, 0) is 31.6 Å². The number of esters is 2. The Kier molecular flexibility index (Phi) is 10.9. The molecule has 1 unspecified atom stereocenters. The smallest absolute Gasteiger partial charge is 0.330 e. The lowest BCUT2D eigenvalue weighted by atomic mass is 10.0. The van der Waals surface area contributed by atoms with Crippen LogP contribution in [0.3, 0.4) is 0 Å². The third kappa shape index (κ3) is 12.9. The zero-order valence-electron chi connectivity index (χ0n) is 12.3. The number of hydrogen-bond acceptors (Lipinski definition) is 4. The molecule has 0 rings (SSSR count). The Morgan fingerprint density at radius 1 is 1.16 bits per heavy atom. The standard InChI is InChI=1S/C15H26O4/c1-4-5-11-19-15(17)9-7-6-8-13(2)10-12-18-14(3)16/h7,9,13H,4-6,8,10-12H2,1-3H3. The van der Waals surface area contributed by atoms with E-state index < -0.39 is 0 Å². The van der Waals surface area contributed by atoms with Gasteiger partial charge in [0.05, 0.1) is 13.2 Å². The summed E-state index contributed by atoms with van der Waals surface area (Å²) in [6.45, 7) is 6.55. The van der Waals surface area contributed by atoms with E-state index in [4.69, 9.17) is 9.47 Å². The molecule has 0 saturated heterocycles. The molecule has 0 aromatic rings. The quantitative estimate of drug-likeness (QED) is 0.347. The lowest BCUT2D eigenvalue weighted by molar-refractivity contribution is -0.141. The van der Waals surface area contributed by atoms with Crippen molar-refractivity contribution >= 4 is 11.9 Å². The molecular formula is C15H26O4. The summed E-state index contributed by atoms with van der Waals surface area (Å²) in [4.78, 5) is 21.8. The van der Waals surface area contributed by atoms with Crippen molar-refractivity contribution in [3.63, 3.8) is 0 Å². The van der Waals surface area contributed by atoms with Gasteiger partial charge < -0.3 is 9.47 Å². The Bertz CT molecular complexity index is 284. The lowest BCUT2D eigenvalue weighted by Crippen LogP contribution is -2.05. The van der Waals surface area contributed by atoms with Crippen LogP contribution in [-0.2, 0) is 19.1 Å². The summed E-state index contributed by atoms with van der Waals surface area (Å²) in [5.74, 6) is -0.0250. The molecule has 0 heterocycles. The fourth-order valence-corrected chi connectivity index (χ4v) is 1.47. The summed E-state index contributed by atoms with van der Waals surface area (Å²) in [7, 11) is 0. The first-order valence-electron chi connectivity index (χ1n) is 7.03. The first-order valence-corrected chi connectivity index (χ1v) is 7.03. The number of carbonyl (C=O) groups excluding carboxylic acids is 2. The lowest BCUT2D eigenvalue weighted by Gasteiger charge is -2.09.